The molecule has 2 rings (SSSR count). The molecule has 1 aliphatic rings. The van der Waals surface area contributed by atoms with E-state index in [-0.39, 0.29) is 16.9 Å². The third-order valence-corrected chi connectivity index (χ3v) is 3.50. The topological polar surface area (TPSA) is 122 Å². The van der Waals surface area contributed by atoms with Crippen LogP contribution in [0.2, 0.25) is 0 Å². The molecule has 1 aliphatic heterocycles. The van der Waals surface area contributed by atoms with Gasteiger partial charge in [-0.3, -0.25) is 19.7 Å². The fraction of sp³-hybridized carbons (Fsp3) is 0.429. The number of ether oxygens (including phenoxy) is 1. The van der Waals surface area contributed by atoms with Gasteiger partial charge >= 0.3 is 5.97 Å². The maximum absolute atomic E-state index is 12.3. The molecule has 0 saturated carbocycles. The van der Waals surface area contributed by atoms with Crippen LogP contribution < -0.4 is 10.2 Å². The van der Waals surface area contributed by atoms with Gasteiger partial charge in [0.2, 0.25) is 0 Å². The number of rotatable bonds is 5. The Labute approximate surface area is 132 Å². The van der Waals surface area contributed by atoms with Crippen LogP contribution in [-0.4, -0.2) is 54.3 Å². The SMILES string of the molecule is C[C@@H](NC(=O)c1cccc([N+](=O)[O-])c1N1CCOCC1)C(=O)O. The Bertz CT molecular complexity index is 627. The van der Waals surface area contributed by atoms with Crippen LogP contribution in [0, 0.1) is 10.1 Å². The van der Waals surface area contributed by atoms with E-state index in [2.05, 4.69) is 5.32 Å². The molecule has 2 N–H and O–H groups in total. The number of anilines is 1. The molecule has 1 atom stereocenters. The van der Waals surface area contributed by atoms with Gasteiger partial charge in [-0.2, -0.15) is 0 Å². The quantitative estimate of drug-likeness (QED) is 0.602. The van der Waals surface area contributed by atoms with Crippen LogP contribution in [0.15, 0.2) is 18.2 Å². The molecule has 0 bridgehead atoms. The van der Waals surface area contributed by atoms with Crippen molar-refractivity contribution in [3.8, 4) is 0 Å². The second kappa shape index (κ2) is 7.05. The number of amides is 1. The van der Waals surface area contributed by atoms with Crippen molar-refractivity contribution in [1.82, 2.24) is 5.32 Å². The van der Waals surface area contributed by atoms with E-state index in [1.165, 1.54) is 25.1 Å². The molecule has 23 heavy (non-hydrogen) atoms. The van der Waals surface area contributed by atoms with Crippen molar-refractivity contribution in [1.29, 1.82) is 0 Å². The van der Waals surface area contributed by atoms with Crippen LogP contribution in [-0.2, 0) is 9.53 Å². The Balaban J connectivity index is 2.41. The number of carboxylic acids is 1. The van der Waals surface area contributed by atoms with Crippen molar-refractivity contribution < 1.29 is 24.4 Å². The standard InChI is InChI=1S/C14H17N3O6/c1-9(14(19)20)15-13(18)10-3-2-4-11(17(21)22)12(10)16-5-7-23-8-6-16/h2-4,9H,5-8H2,1H3,(H,15,18)(H,19,20)/t9-/m1/s1. The van der Waals surface area contributed by atoms with Gasteiger partial charge in [0, 0.05) is 19.2 Å². The first-order valence-corrected chi connectivity index (χ1v) is 7.05. The Hall–Kier alpha value is -2.68. The van der Waals surface area contributed by atoms with E-state index in [1.807, 2.05) is 0 Å². The molecule has 1 fully saturated rings. The van der Waals surface area contributed by atoms with Crippen molar-refractivity contribution >= 4 is 23.3 Å². The average Bonchev–Trinajstić information content (AvgIpc) is 2.54. The summed E-state index contributed by atoms with van der Waals surface area (Å²) >= 11 is 0. The molecule has 9 nitrogen and oxygen atoms in total. The van der Waals surface area contributed by atoms with Crippen molar-refractivity contribution in [2.24, 2.45) is 0 Å². The molecule has 1 aromatic rings. The number of carbonyl (C=O) groups is 2. The number of carbonyl (C=O) groups excluding carboxylic acids is 1. The number of nitro groups is 1. The van der Waals surface area contributed by atoms with Crippen LogP contribution in [0.1, 0.15) is 17.3 Å². The Morgan fingerprint density at radius 3 is 2.61 bits per heavy atom. The minimum absolute atomic E-state index is 0.0780. The number of nitrogens with zero attached hydrogens (tertiary/aromatic N) is 2. The van der Waals surface area contributed by atoms with E-state index in [0.717, 1.165) is 0 Å². The summed E-state index contributed by atoms with van der Waals surface area (Å²) in [6.07, 6.45) is 0. The van der Waals surface area contributed by atoms with Crippen LogP contribution in [0.5, 0.6) is 0 Å². The highest BCUT2D eigenvalue weighted by molar-refractivity contribution is 6.03. The lowest BCUT2D eigenvalue weighted by molar-refractivity contribution is -0.384. The largest absolute Gasteiger partial charge is 0.480 e. The van der Waals surface area contributed by atoms with E-state index >= 15 is 0 Å². The van der Waals surface area contributed by atoms with Gasteiger partial charge in [0.1, 0.15) is 11.7 Å². The lowest BCUT2D eigenvalue weighted by Crippen LogP contribution is -2.41. The molecule has 9 heteroatoms. The van der Waals surface area contributed by atoms with Gasteiger partial charge in [-0.25, -0.2) is 0 Å². The van der Waals surface area contributed by atoms with Crippen LogP contribution >= 0.6 is 0 Å². The molecule has 0 aliphatic carbocycles. The molecule has 0 unspecified atom stereocenters. The van der Waals surface area contributed by atoms with Gasteiger partial charge in [-0.15, -0.1) is 0 Å². The minimum Gasteiger partial charge on any atom is -0.480 e. The normalized spacial score (nSPS) is 15.8. The maximum Gasteiger partial charge on any atom is 0.325 e. The summed E-state index contributed by atoms with van der Waals surface area (Å²) in [7, 11) is 0. The van der Waals surface area contributed by atoms with Gasteiger partial charge < -0.3 is 20.1 Å². The van der Waals surface area contributed by atoms with E-state index < -0.39 is 22.8 Å². The fourth-order valence-corrected chi connectivity index (χ4v) is 2.32. The molecule has 0 spiro atoms. The van der Waals surface area contributed by atoms with Gasteiger partial charge in [-0.05, 0) is 13.0 Å². The second-order valence-electron chi connectivity index (χ2n) is 5.06. The zero-order valence-corrected chi connectivity index (χ0v) is 12.5. The number of hydrogen-bond acceptors (Lipinski definition) is 6. The second-order valence-corrected chi connectivity index (χ2v) is 5.06. The summed E-state index contributed by atoms with van der Waals surface area (Å²) in [6, 6.07) is 3.08. The van der Waals surface area contributed by atoms with Gasteiger partial charge in [0.15, 0.2) is 0 Å². The first kappa shape index (κ1) is 16.7. The summed E-state index contributed by atoms with van der Waals surface area (Å²) in [4.78, 5) is 35.7. The predicted molar refractivity (Wildman–Crippen MR) is 80.7 cm³/mol. The highest BCUT2D eigenvalue weighted by atomic mass is 16.6. The lowest BCUT2D eigenvalue weighted by Gasteiger charge is -2.30. The number of aliphatic carboxylic acids is 1. The van der Waals surface area contributed by atoms with E-state index in [9.17, 15) is 19.7 Å². The van der Waals surface area contributed by atoms with Crippen molar-refractivity contribution in [3.63, 3.8) is 0 Å². The number of benzene rings is 1. The summed E-state index contributed by atoms with van der Waals surface area (Å²) < 4.78 is 5.23. The first-order chi connectivity index (χ1) is 10.9. The molecule has 124 valence electrons. The molecular formula is C14H17N3O6. The monoisotopic (exact) mass is 323 g/mol. The minimum atomic E-state index is -1.18. The molecule has 0 aromatic heterocycles. The van der Waals surface area contributed by atoms with E-state index in [1.54, 1.807) is 4.90 Å². The molecule has 1 aromatic carbocycles. The molecular weight excluding hydrogens is 306 g/mol. The van der Waals surface area contributed by atoms with Gasteiger partial charge in [-0.1, -0.05) is 6.07 Å². The Kier molecular flexibility index (Phi) is 5.12. The van der Waals surface area contributed by atoms with Crippen LogP contribution in [0.4, 0.5) is 11.4 Å². The van der Waals surface area contributed by atoms with Crippen LogP contribution in [0.3, 0.4) is 0 Å². The highest BCUT2D eigenvalue weighted by Gasteiger charge is 2.28. The first-order valence-electron chi connectivity index (χ1n) is 7.05. The maximum atomic E-state index is 12.3. The third-order valence-electron chi connectivity index (χ3n) is 3.50. The molecule has 1 saturated heterocycles. The third kappa shape index (κ3) is 3.75. The smallest absolute Gasteiger partial charge is 0.325 e. The molecule has 1 amide bonds. The van der Waals surface area contributed by atoms with Crippen molar-refractivity contribution in [2.45, 2.75) is 13.0 Å². The molecule has 1 heterocycles. The predicted octanol–water partition coefficient (Wildman–Crippen LogP) is 0.634. The number of morpholine rings is 1. The van der Waals surface area contributed by atoms with Crippen molar-refractivity contribution in [2.75, 3.05) is 31.2 Å². The number of para-hydroxylation sites is 1. The fourth-order valence-electron chi connectivity index (χ4n) is 2.32. The highest BCUT2D eigenvalue weighted by Crippen LogP contribution is 2.32. The van der Waals surface area contributed by atoms with E-state index in [4.69, 9.17) is 9.84 Å². The summed E-state index contributed by atoms with van der Waals surface area (Å²) in [5.41, 5.74) is 0.0765. The van der Waals surface area contributed by atoms with Gasteiger partial charge in [0.25, 0.3) is 11.6 Å². The molecule has 0 radical (unpaired) electrons. The zero-order chi connectivity index (χ0) is 17.0. The Morgan fingerprint density at radius 2 is 2.04 bits per heavy atom. The lowest BCUT2D eigenvalue weighted by atomic mass is 10.1. The van der Waals surface area contributed by atoms with Gasteiger partial charge in [0.05, 0.1) is 23.7 Å². The van der Waals surface area contributed by atoms with E-state index in [0.29, 0.717) is 26.3 Å². The zero-order valence-electron chi connectivity index (χ0n) is 12.5. The summed E-state index contributed by atoms with van der Waals surface area (Å²) in [5, 5.41) is 22.5. The van der Waals surface area contributed by atoms with Crippen LogP contribution in [0.25, 0.3) is 0 Å². The summed E-state index contributed by atoms with van der Waals surface area (Å²) in [5.74, 6) is -1.85. The Morgan fingerprint density at radius 1 is 1.39 bits per heavy atom. The number of nitro benzene ring substituents is 1. The number of hydrogen-bond donors (Lipinski definition) is 2. The summed E-state index contributed by atoms with van der Waals surface area (Å²) in [6.45, 7) is 2.96. The van der Waals surface area contributed by atoms with Crippen molar-refractivity contribution in [3.05, 3.63) is 33.9 Å². The number of nitrogens with one attached hydrogen (secondary N) is 1. The number of carboxylic acid groups (broad SMARTS) is 1. The average molecular weight is 323 g/mol.